The molecule has 2 aromatic carbocycles. The predicted molar refractivity (Wildman–Crippen MR) is 84.5 cm³/mol. The Morgan fingerprint density at radius 2 is 1.88 bits per heavy atom. The molecule has 4 nitrogen and oxygen atoms in total. The number of rotatable bonds is 3. The van der Waals surface area contributed by atoms with E-state index < -0.39 is 29.0 Å². The first-order valence-corrected chi connectivity index (χ1v) is 7.91. The summed E-state index contributed by atoms with van der Waals surface area (Å²) in [5.41, 5.74) is 0.102. The minimum Gasteiger partial charge on any atom is -0.322 e. The molecule has 1 aliphatic rings. The SMILES string of the molecule is O=C(CN1C(=O)CSc2ccccc21)Nc1ccc(F)c(F)c1F. The second kappa shape index (κ2) is 6.56. The molecule has 0 spiro atoms. The standard InChI is InChI=1S/C16H11F3N2O2S/c17-9-5-6-10(16(19)15(9)18)20-13(22)7-21-11-3-1-2-4-12(11)24-8-14(21)23/h1-6H,7-8H2,(H,20,22). The molecule has 0 bridgehead atoms. The lowest BCUT2D eigenvalue weighted by Gasteiger charge is -2.28. The fourth-order valence-electron chi connectivity index (χ4n) is 2.28. The van der Waals surface area contributed by atoms with Crippen LogP contribution < -0.4 is 10.2 Å². The number of benzene rings is 2. The third-order valence-electron chi connectivity index (χ3n) is 3.42. The molecule has 1 N–H and O–H groups in total. The number of fused-ring (bicyclic) bond motifs is 1. The summed E-state index contributed by atoms with van der Waals surface area (Å²) in [6.07, 6.45) is 0. The van der Waals surface area contributed by atoms with Crippen molar-refractivity contribution in [1.82, 2.24) is 0 Å². The lowest BCUT2D eigenvalue weighted by Crippen LogP contribution is -2.41. The van der Waals surface area contributed by atoms with E-state index in [1.165, 1.54) is 16.7 Å². The van der Waals surface area contributed by atoms with Crippen LogP contribution in [-0.2, 0) is 9.59 Å². The Bertz CT molecular complexity index is 829. The van der Waals surface area contributed by atoms with Crippen LogP contribution in [0.1, 0.15) is 0 Å². The van der Waals surface area contributed by atoms with Crippen LogP contribution in [0.25, 0.3) is 0 Å². The Labute approximate surface area is 139 Å². The number of amides is 2. The van der Waals surface area contributed by atoms with Gasteiger partial charge in [-0.2, -0.15) is 0 Å². The van der Waals surface area contributed by atoms with Gasteiger partial charge >= 0.3 is 0 Å². The number of carbonyl (C=O) groups excluding carboxylic acids is 2. The van der Waals surface area contributed by atoms with Gasteiger partial charge in [0.2, 0.25) is 11.8 Å². The number of hydrogen-bond donors (Lipinski definition) is 1. The molecule has 2 amide bonds. The number of nitrogens with one attached hydrogen (secondary N) is 1. The highest BCUT2D eigenvalue weighted by molar-refractivity contribution is 8.00. The molecule has 2 aromatic rings. The second-order valence-electron chi connectivity index (χ2n) is 5.01. The molecule has 1 heterocycles. The summed E-state index contributed by atoms with van der Waals surface area (Å²) in [6, 6.07) is 8.71. The van der Waals surface area contributed by atoms with Crippen LogP contribution in [0, 0.1) is 17.5 Å². The second-order valence-corrected chi connectivity index (χ2v) is 6.02. The molecule has 0 unspecified atom stereocenters. The lowest BCUT2D eigenvalue weighted by atomic mass is 10.2. The van der Waals surface area contributed by atoms with Gasteiger partial charge in [-0.05, 0) is 24.3 Å². The number of thioether (sulfide) groups is 1. The van der Waals surface area contributed by atoms with Gasteiger partial charge in [0.25, 0.3) is 0 Å². The summed E-state index contributed by atoms with van der Waals surface area (Å²) in [7, 11) is 0. The highest BCUT2D eigenvalue weighted by Crippen LogP contribution is 2.34. The maximum atomic E-state index is 13.6. The largest absolute Gasteiger partial charge is 0.322 e. The molecule has 0 saturated carbocycles. The van der Waals surface area contributed by atoms with Crippen LogP contribution in [-0.4, -0.2) is 24.1 Å². The van der Waals surface area contributed by atoms with Crippen molar-refractivity contribution in [3.05, 3.63) is 53.8 Å². The van der Waals surface area contributed by atoms with Gasteiger partial charge in [-0.25, -0.2) is 13.2 Å². The molecule has 3 rings (SSSR count). The van der Waals surface area contributed by atoms with Gasteiger partial charge in [-0.15, -0.1) is 11.8 Å². The van der Waals surface area contributed by atoms with Crippen LogP contribution in [0.5, 0.6) is 0 Å². The highest BCUT2D eigenvalue weighted by Gasteiger charge is 2.26. The first-order valence-electron chi connectivity index (χ1n) is 6.93. The zero-order chi connectivity index (χ0) is 17.3. The van der Waals surface area contributed by atoms with Crippen LogP contribution in [0.2, 0.25) is 0 Å². The highest BCUT2D eigenvalue weighted by atomic mass is 32.2. The number of anilines is 2. The summed E-state index contributed by atoms with van der Waals surface area (Å²) >= 11 is 1.36. The van der Waals surface area contributed by atoms with Crippen molar-refractivity contribution < 1.29 is 22.8 Å². The predicted octanol–water partition coefficient (Wildman–Crippen LogP) is 3.18. The Hall–Kier alpha value is -2.48. The number of halogens is 3. The van der Waals surface area contributed by atoms with Gasteiger partial charge in [0, 0.05) is 4.90 Å². The molecule has 124 valence electrons. The molecule has 0 saturated heterocycles. The quantitative estimate of drug-likeness (QED) is 0.863. The maximum Gasteiger partial charge on any atom is 0.244 e. The van der Waals surface area contributed by atoms with Gasteiger partial charge in [-0.3, -0.25) is 9.59 Å². The molecular formula is C16H11F3N2O2S. The van der Waals surface area contributed by atoms with Crippen molar-refractivity contribution in [3.63, 3.8) is 0 Å². The fourth-order valence-corrected chi connectivity index (χ4v) is 3.22. The van der Waals surface area contributed by atoms with E-state index in [2.05, 4.69) is 5.32 Å². The van der Waals surface area contributed by atoms with Crippen LogP contribution in [0.4, 0.5) is 24.5 Å². The zero-order valence-corrected chi connectivity index (χ0v) is 13.0. The first kappa shape index (κ1) is 16.4. The Balaban J connectivity index is 1.78. The van der Waals surface area contributed by atoms with Gasteiger partial charge in [0.15, 0.2) is 17.5 Å². The van der Waals surface area contributed by atoms with E-state index in [1.807, 2.05) is 12.1 Å². The van der Waals surface area contributed by atoms with Crippen molar-refractivity contribution >= 4 is 35.0 Å². The number of hydrogen-bond acceptors (Lipinski definition) is 3. The van der Waals surface area contributed by atoms with E-state index >= 15 is 0 Å². The molecule has 8 heteroatoms. The van der Waals surface area contributed by atoms with Crippen molar-refractivity contribution in [2.75, 3.05) is 22.5 Å². The molecule has 0 aromatic heterocycles. The van der Waals surface area contributed by atoms with E-state index in [4.69, 9.17) is 0 Å². The maximum absolute atomic E-state index is 13.6. The van der Waals surface area contributed by atoms with Gasteiger partial charge < -0.3 is 10.2 Å². The third kappa shape index (κ3) is 3.09. The van der Waals surface area contributed by atoms with Crippen LogP contribution in [0.3, 0.4) is 0 Å². The van der Waals surface area contributed by atoms with E-state index in [9.17, 15) is 22.8 Å². The zero-order valence-electron chi connectivity index (χ0n) is 12.2. The van der Waals surface area contributed by atoms with E-state index in [0.29, 0.717) is 11.8 Å². The van der Waals surface area contributed by atoms with E-state index in [1.54, 1.807) is 12.1 Å². The average Bonchev–Trinajstić information content (AvgIpc) is 2.58. The molecule has 0 radical (unpaired) electrons. The average molecular weight is 352 g/mol. The minimum atomic E-state index is -1.66. The molecule has 1 aliphatic heterocycles. The van der Waals surface area contributed by atoms with Gasteiger partial charge in [0.1, 0.15) is 6.54 Å². The van der Waals surface area contributed by atoms with Crippen molar-refractivity contribution in [2.45, 2.75) is 4.90 Å². The van der Waals surface area contributed by atoms with E-state index in [0.717, 1.165) is 11.0 Å². The summed E-state index contributed by atoms with van der Waals surface area (Å²) < 4.78 is 39.7. The van der Waals surface area contributed by atoms with Crippen LogP contribution in [0.15, 0.2) is 41.3 Å². The monoisotopic (exact) mass is 352 g/mol. The smallest absolute Gasteiger partial charge is 0.244 e. The number of carbonyl (C=O) groups is 2. The Kier molecular flexibility index (Phi) is 4.48. The number of para-hydroxylation sites is 1. The van der Waals surface area contributed by atoms with Gasteiger partial charge in [-0.1, -0.05) is 12.1 Å². The molecule has 24 heavy (non-hydrogen) atoms. The minimum absolute atomic E-state index is 0.184. The lowest BCUT2D eigenvalue weighted by molar-refractivity contribution is -0.120. The molecular weight excluding hydrogens is 341 g/mol. The fraction of sp³-hybridized carbons (Fsp3) is 0.125. The summed E-state index contributed by atoms with van der Waals surface area (Å²) in [4.78, 5) is 26.3. The normalized spacial score (nSPS) is 13.6. The van der Waals surface area contributed by atoms with Crippen molar-refractivity contribution in [3.8, 4) is 0 Å². The molecule has 0 atom stereocenters. The Morgan fingerprint density at radius 3 is 2.67 bits per heavy atom. The molecule has 0 fully saturated rings. The first-order chi connectivity index (χ1) is 11.5. The number of nitrogens with zero attached hydrogens (tertiary/aromatic N) is 1. The van der Waals surface area contributed by atoms with E-state index in [-0.39, 0.29) is 18.2 Å². The third-order valence-corrected chi connectivity index (χ3v) is 4.47. The summed E-state index contributed by atoms with van der Waals surface area (Å²) in [5.74, 6) is -5.28. The topological polar surface area (TPSA) is 49.4 Å². The van der Waals surface area contributed by atoms with Crippen molar-refractivity contribution in [1.29, 1.82) is 0 Å². The summed E-state index contributed by atoms with van der Waals surface area (Å²) in [6.45, 7) is -0.352. The summed E-state index contributed by atoms with van der Waals surface area (Å²) in [5, 5.41) is 2.16. The van der Waals surface area contributed by atoms with Crippen molar-refractivity contribution in [2.24, 2.45) is 0 Å². The Morgan fingerprint density at radius 1 is 1.12 bits per heavy atom. The molecule has 0 aliphatic carbocycles. The van der Waals surface area contributed by atoms with Crippen LogP contribution >= 0.6 is 11.8 Å². The van der Waals surface area contributed by atoms with Gasteiger partial charge in [0.05, 0.1) is 17.1 Å².